The van der Waals surface area contributed by atoms with Crippen molar-refractivity contribution in [1.82, 2.24) is 0 Å². The van der Waals surface area contributed by atoms with Crippen LogP contribution in [0.25, 0.3) is 0 Å². The van der Waals surface area contributed by atoms with Crippen LogP contribution in [0.1, 0.15) is 31.1 Å². The number of hydrogen-bond donors (Lipinski definition) is 0. The summed E-state index contributed by atoms with van der Waals surface area (Å²) in [6.07, 6.45) is -0.814. The van der Waals surface area contributed by atoms with Crippen molar-refractivity contribution in [2.75, 3.05) is 4.90 Å². The van der Waals surface area contributed by atoms with Crippen LogP contribution in [-0.2, 0) is 4.79 Å². The van der Waals surface area contributed by atoms with Crippen molar-refractivity contribution >= 4 is 23.1 Å². The molecular formula is C20H20N2O5. The van der Waals surface area contributed by atoms with Crippen molar-refractivity contribution in [3.8, 4) is 5.75 Å². The number of Topliss-reactive ketones (excluding diaryl/α,β-unsaturated/α-hetero) is 1. The van der Waals surface area contributed by atoms with Crippen LogP contribution in [-0.4, -0.2) is 28.8 Å². The lowest BCUT2D eigenvalue weighted by Crippen LogP contribution is -2.54. The number of amides is 1. The van der Waals surface area contributed by atoms with Crippen molar-refractivity contribution in [3.63, 3.8) is 0 Å². The summed E-state index contributed by atoms with van der Waals surface area (Å²) in [6, 6.07) is 12.0. The highest BCUT2D eigenvalue weighted by Gasteiger charge is 2.41. The molecule has 0 saturated heterocycles. The number of carbonyl (C=O) groups excluding carboxylic acids is 2. The molecule has 2 unspecified atom stereocenters. The van der Waals surface area contributed by atoms with E-state index in [-0.39, 0.29) is 29.0 Å². The van der Waals surface area contributed by atoms with Crippen molar-refractivity contribution in [2.45, 2.75) is 32.9 Å². The lowest BCUT2D eigenvalue weighted by Gasteiger charge is -2.38. The van der Waals surface area contributed by atoms with Gasteiger partial charge in [-0.1, -0.05) is 44.2 Å². The van der Waals surface area contributed by atoms with E-state index in [9.17, 15) is 19.7 Å². The minimum Gasteiger partial charge on any atom is -0.478 e. The third-order valence-electron chi connectivity index (χ3n) is 4.58. The van der Waals surface area contributed by atoms with Crippen molar-refractivity contribution in [2.24, 2.45) is 5.92 Å². The van der Waals surface area contributed by atoms with E-state index in [4.69, 9.17) is 4.74 Å². The number of nitro benzene ring substituents is 1. The Labute approximate surface area is 156 Å². The predicted molar refractivity (Wildman–Crippen MR) is 100 cm³/mol. The van der Waals surface area contributed by atoms with Crippen molar-refractivity contribution < 1.29 is 19.2 Å². The second-order valence-corrected chi connectivity index (χ2v) is 6.81. The summed E-state index contributed by atoms with van der Waals surface area (Å²) < 4.78 is 5.76. The first kappa shape index (κ1) is 18.6. The van der Waals surface area contributed by atoms with Gasteiger partial charge in [-0.25, -0.2) is 0 Å². The molecule has 1 aliphatic heterocycles. The molecule has 0 radical (unpaired) electrons. The maximum atomic E-state index is 13.0. The molecule has 7 heteroatoms. The van der Waals surface area contributed by atoms with Gasteiger partial charge in [0.2, 0.25) is 0 Å². The average molecular weight is 368 g/mol. The van der Waals surface area contributed by atoms with E-state index < -0.39 is 17.1 Å². The molecular weight excluding hydrogens is 348 g/mol. The normalized spacial score (nSPS) is 17.3. The van der Waals surface area contributed by atoms with E-state index in [1.807, 2.05) is 19.9 Å². The number of ketones is 1. The molecule has 7 nitrogen and oxygen atoms in total. The van der Waals surface area contributed by atoms with Gasteiger partial charge in [-0.05, 0) is 18.9 Å². The number of hydrogen-bond acceptors (Lipinski definition) is 5. The van der Waals surface area contributed by atoms with E-state index >= 15 is 0 Å². The molecule has 2 aromatic rings. The SMILES string of the molecule is CC(C)C1Oc2cc([N+](=O)[O-])ccc2N(C(C)C(=O)c2ccccc2)C1=O. The first-order chi connectivity index (χ1) is 12.8. The molecule has 27 heavy (non-hydrogen) atoms. The molecule has 140 valence electrons. The standard InChI is InChI=1S/C20H20N2O5/c1-12(2)19-20(24)21(13(3)18(23)14-7-5-4-6-8-14)16-10-9-15(22(25)26)11-17(16)27-19/h4-13,19H,1-3H3. The largest absolute Gasteiger partial charge is 0.478 e. The van der Waals surface area contributed by atoms with Gasteiger partial charge in [0.05, 0.1) is 22.7 Å². The summed E-state index contributed by atoms with van der Waals surface area (Å²) in [7, 11) is 0. The Balaban J connectivity index is 2.06. The Bertz CT molecular complexity index is 895. The Morgan fingerprint density at radius 3 is 2.41 bits per heavy atom. The number of rotatable bonds is 5. The molecule has 1 amide bonds. The zero-order valence-electron chi connectivity index (χ0n) is 15.3. The van der Waals surface area contributed by atoms with Gasteiger partial charge >= 0.3 is 0 Å². The van der Waals surface area contributed by atoms with Crippen LogP contribution in [0, 0.1) is 16.0 Å². The monoisotopic (exact) mass is 368 g/mol. The van der Waals surface area contributed by atoms with Crippen molar-refractivity contribution in [3.05, 3.63) is 64.2 Å². The molecule has 0 N–H and O–H groups in total. The summed E-state index contributed by atoms with van der Waals surface area (Å²) in [5.74, 6) is -0.470. The summed E-state index contributed by atoms with van der Waals surface area (Å²) in [4.78, 5) is 37.9. The van der Waals surface area contributed by atoms with E-state index in [0.29, 0.717) is 11.3 Å². The highest BCUT2D eigenvalue weighted by Crippen LogP contribution is 2.39. The Morgan fingerprint density at radius 2 is 1.81 bits per heavy atom. The molecule has 0 aliphatic carbocycles. The maximum absolute atomic E-state index is 13.0. The topological polar surface area (TPSA) is 89.8 Å². The quantitative estimate of drug-likeness (QED) is 0.457. The number of nitro groups is 1. The van der Waals surface area contributed by atoms with Gasteiger partial charge in [0.15, 0.2) is 17.6 Å². The lowest BCUT2D eigenvalue weighted by atomic mass is 9.98. The number of ether oxygens (including phenoxy) is 1. The highest BCUT2D eigenvalue weighted by molar-refractivity contribution is 6.10. The van der Waals surface area contributed by atoms with E-state index in [0.717, 1.165) is 0 Å². The van der Waals surface area contributed by atoms with Crippen LogP contribution in [0.3, 0.4) is 0 Å². The number of anilines is 1. The zero-order chi connectivity index (χ0) is 19.7. The first-order valence-corrected chi connectivity index (χ1v) is 8.68. The number of benzene rings is 2. The van der Waals surface area contributed by atoms with Crippen LogP contribution in [0.5, 0.6) is 5.75 Å². The molecule has 0 saturated carbocycles. The molecule has 0 bridgehead atoms. The Kier molecular flexibility index (Phi) is 4.94. The van der Waals surface area contributed by atoms with Crippen molar-refractivity contribution in [1.29, 1.82) is 0 Å². The Morgan fingerprint density at radius 1 is 1.15 bits per heavy atom. The molecule has 0 aromatic heterocycles. The highest BCUT2D eigenvalue weighted by atomic mass is 16.6. The minimum atomic E-state index is -0.814. The van der Waals surface area contributed by atoms with E-state index in [1.54, 1.807) is 31.2 Å². The van der Waals surface area contributed by atoms with Crippen LogP contribution in [0.2, 0.25) is 0 Å². The molecule has 3 rings (SSSR count). The van der Waals surface area contributed by atoms with Gasteiger partial charge < -0.3 is 4.74 Å². The predicted octanol–water partition coefficient (Wildman–Crippen LogP) is 3.62. The maximum Gasteiger partial charge on any atom is 0.273 e. The first-order valence-electron chi connectivity index (χ1n) is 8.68. The number of nitrogens with zero attached hydrogens (tertiary/aromatic N) is 2. The molecule has 2 atom stereocenters. The zero-order valence-corrected chi connectivity index (χ0v) is 15.3. The van der Waals surface area contributed by atoms with E-state index in [2.05, 4.69) is 0 Å². The van der Waals surface area contributed by atoms with Crippen LogP contribution < -0.4 is 9.64 Å². The van der Waals surface area contributed by atoms with Gasteiger partial charge in [0, 0.05) is 11.6 Å². The number of non-ortho nitro benzene ring substituents is 1. The molecule has 1 aliphatic rings. The summed E-state index contributed by atoms with van der Waals surface area (Å²) >= 11 is 0. The third-order valence-corrected chi connectivity index (χ3v) is 4.58. The molecule has 2 aromatic carbocycles. The fourth-order valence-electron chi connectivity index (χ4n) is 3.13. The minimum absolute atomic E-state index is 0.132. The average Bonchev–Trinajstić information content (AvgIpc) is 2.66. The lowest BCUT2D eigenvalue weighted by molar-refractivity contribution is -0.384. The molecule has 0 spiro atoms. The van der Waals surface area contributed by atoms with Gasteiger partial charge in [-0.15, -0.1) is 0 Å². The van der Waals surface area contributed by atoms with Gasteiger partial charge in [0.25, 0.3) is 11.6 Å². The third kappa shape index (κ3) is 3.40. The number of fused-ring (bicyclic) bond motifs is 1. The molecule has 0 fully saturated rings. The van der Waals surface area contributed by atoms with Crippen LogP contribution >= 0.6 is 0 Å². The van der Waals surface area contributed by atoms with Crippen LogP contribution in [0.15, 0.2) is 48.5 Å². The molecule has 1 heterocycles. The second-order valence-electron chi connectivity index (χ2n) is 6.81. The van der Waals surface area contributed by atoms with Gasteiger partial charge in [-0.3, -0.25) is 24.6 Å². The summed E-state index contributed by atoms with van der Waals surface area (Å²) in [6.45, 7) is 5.31. The summed E-state index contributed by atoms with van der Waals surface area (Å²) in [5.41, 5.74) is 0.723. The second kappa shape index (κ2) is 7.19. The smallest absolute Gasteiger partial charge is 0.273 e. The summed E-state index contributed by atoms with van der Waals surface area (Å²) in [5, 5.41) is 11.1. The van der Waals surface area contributed by atoms with E-state index in [1.165, 1.54) is 23.1 Å². The fraction of sp³-hybridized carbons (Fsp3) is 0.300. The van der Waals surface area contributed by atoms with Crippen LogP contribution in [0.4, 0.5) is 11.4 Å². The number of carbonyl (C=O) groups is 2. The Hall–Kier alpha value is -3.22. The fourth-order valence-corrected chi connectivity index (χ4v) is 3.13. The van der Waals surface area contributed by atoms with Gasteiger partial charge in [0.1, 0.15) is 0 Å². The van der Waals surface area contributed by atoms with Gasteiger partial charge in [-0.2, -0.15) is 0 Å².